The van der Waals surface area contributed by atoms with Gasteiger partial charge in [-0.05, 0) is 101 Å². The van der Waals surface area contributed by atoms with E-state index >= 15 is 9.59 Å². The van der Waals surface area contributed by atoms with Crippen LogP contribution in [0.3, 0.4) is 0 Å². The molecule has 1 heterocycles. The summed E-state index contributed by atoms with van der Waals surface area (Å²) < 4.78 is 5.01. The largest absolute Gasteiger partial charge is 0.463 e. The van der Waals surface area contributed by atoms with Crippen LogP contribution in [0.5, 0.6) is 0 Å². The number of aliphatic hydroxyl groups excluding tert-OH is 1. The van der Waals surface area contributed by atoms with E-state index < -0.39 is 162 Å². The highest BCUT2D eigenvalue weighted by molar-refractivity contribution is 5.99. The van der Waals surface area contributed by atoms with Gasteiger partial charge in [0.05, 0.1) is 19.3 Å². The Labute approximate surface area is 530 Å². The minimum atomic E-state index is -1.73. The lowest BCUT2D eigenvalue weighted by Gasteiger charge is -2.41. The molecule has 89 heavy (non-hydrogen) atoms. The predicted molar refractivity (Wildman–Crippen MR) is 339 cm³/mol. The van der Waals surface area contributed by atoms with E-state index in [-0.39, 0.29) is 68.8 Å². The highest BCUT2D eigenvalue weighted by Crippen LogP contribution is 2.26. The van der Waals surface area contributed by atoms with Crippen LogP contribution in [0.2, 0.25) is 0 Å². The van der Waals surface area contributed by atoms with Crippen molar-refractivity contribution in [2.24, 2.45) is 41.4 Å². The molecule has 0 bridgehead atoms. The number of nitrogens with one attached hydrogen (secondary N) is 4. The molecule has 0 radical (unpaired) electrons. The average molecular weight is 1260 g/mol. The molecule has 1 rings (SSSR count). The fourth-order valence-electron chi connectivity index (χ4n) is 10.9. The Morgan fingerprint density at radius 2 is 0.921 bits per heavy atom. The SMILES string of the molecule is CCOC(=O)/C=C/C[C@@H](C)[C@@H](O)[C@H]1C(=O)N[C@@H](CC)C(=O)N(C)CC(=O)N(C)[C@@H](CC(C)C)C(=O)N[C@@H](C(C)C)C(=O)N(C)[C@@H](CC(C)C)C(=O)N[C@@H](C)C(=O)N[C@H](C)C(=O)N(C)[C@@H](CC(C)C)C(=O)N(C)[C@@H](CC(C)C)C(=O)N(C)[C@@H](C(C)C)C(=O)N1C. The molecule has 1 saturated heterocycles. The quantitative estimate of drug-likeness (QED) is 0.103. The number of hydrogen-bond donors (Lipinski definition) is 5. The van der Waals surface area contributed by atoms with E-state index in [1.54, 1.807) is 48.5 Å². The molecule has 0 aromatic carbocycles. The molecule has 0 saturated carbocycles. The van der Waals surface area contributed by atoms with Gasteiger partial charge < -0.3 is 65.4 Å². The lowest BCUT2D eigenvalue weighted by molar-refractivity contribution is -0.157. The Morgan fingerprint density at radius 1 is 0.494 bits per heavy atom. The number of amides is 11. The summed E-state index contributed by atoms with van der Waals surface area (Å²) in [6, 6.07) is -12.8. The van der Waals surface area contributed by atoms with Gasteiger partial charge >= 0.3 is 5.97 Å². The van der Waals surface area contributed by atoms with Crippen molar-refractivity contribution in [2.75, 3.05) is 62.5 Å². The van der Waals surface area contributed by atoms with Crippen molar-refractivity contribution in [1.82, 2.24) is 55.6 Å². The highest BCUT2D eigenvalue weighted by Gasteiger charge is 2.46. The van der Waals surface area contributed by atoms with Gasteiger partial charge in [-0.25, -0.2) is 4.79 Å². The molecule has 1 aliphatic heterocycles. The topological polar surface area (TPSA) is 305 Å². The van der Waals surface area contributed by atoms with E-state index in [4.69, 9.17) is 4.74 Å². The van der Waals surface area contributed by atoms with Crippen LogP contribution < -0.4 is 21.3 Å². The van der Waals surface area contributed by atoms with E-state index in [0.29, 0.717) is 0 Å². The van der Waals surface area contributed by atoms with Gasteiger partial charge in [0, 0.05) is 55.4 Å². The Balaban J connectivity index is 4.37. The first-order chi connectivity index (χ1) is 41.1. The number of hydrogen-bond acceptors (Lipinski definition) is 14. The second kappa shape index (κ2) is 36.9. The average Bonchev–Trinajstić information content (AvgIpc) is 0.954. The zero-order valence-electron chi connectivity index (χ0n) is 58.1. The molecule has 1 fully saturated rings. The van der Waals surface area contributed by atoms with Crippen LogP contribution in [0.4, 0.5) is 0 Å². The first-order valence-corrected chi connectivity index (χ1v) is 31.7. The summed E-state index contributed by atoms with van der Waals surface area (Å²) in [6.07, 6.45) is 1.49. The summed E-state index contributed by atoms with van der Waals surface area (Å²) in [6.45, 7) is 28.9. The maximum Gasteiger partial charge on any atom is 0.330 e. The Kier molecular flexibility index (Phi) is 33.3. The molecule has 508 valence electrons. The smallest absolute Gasteiger partial charge is 0.330 e. The molecular formula is C64H113N11O14. The molecule has 1 aliphatic rings. The number of carbonyl (C=O) groups excluding carboxylic acids is 12. The first kappa shape index (κ1) is 80.4. The normalized spacial score (nSPS) is 26.1. The molecular weight excluding hydrogens is 1150 g/mol. The number of allylic oxidation sites excluding steroid dienone is 1. The summed E-state index contributed by atoms with van der Waals surface area (Å²) in [7, 11) is 9.73. The van der Waals surface area contributed by atoms with Gasteiger partial charge in [-0.3, -0.25) is 52.7 Å². The van der Waals surface area contributed by atoms with Crippen LogP contribution >= 0.6 is 0 Å². The standard InChI is InChI=1S/C64H113N11O14/c1-25-44-60(84)69(18)34-49(76)70(19)45(30-35(3)4)57(81)68-51(39(11)12)63(87)71(20)46(31-36(5)6)56(80)65-42(16)55(79)66-43(17)59(83)72(21)47(32-37(7)8)61(85)73(22)48(33-38(9)10)62(86)74(23)52(40(13)14)64(88)75(24)53(58(82)67-44)54(78)41(15)28-27-29-50(77)89-26-2/h27,29,35-48,51-54,78H,25-26,28,30-34H2,1-24H3,(H,65,80)(H,66,79)(H,67,82)(H,68,81)/b29-27+/t41-,42+,43-,44+,45+,46+,47+,48+,51+,52+,53+,54-/m1/s1. The Bertz CT molecular complexity index is 2470. The number of carbonyl (C=O) groups is 12. The van der Waals surface area contributed by atoms with Crippen molar-refractivity contribution in [2.45, 2.75) is 223 Å². The van der Waals surface area contributed by atoms with Crippen molar-refractivity contribution < 1.29 is 67.4 Å². The van der Waals surface area contributed by atoms with Crippen molar-refractivity contribution in [3.8, 4) is 0 Å². The zero-order chi connectivity index (χ0) is 69.0. The number of esters is 1. The summed E-state index contributed by atoms with van der Waals surface area (Å²) in [4.78, 5) is 181. The first-order valence-electron chi connectivity index (χ1n) is 31.7. The fraction of sp³-hybridized carbons (Fsp3) is 0.781. The van der Waals surface area contributed by atoms with Crippen molar-refractivity contribution >= 4 is 70.9 Å². The molecule has 0 aromatic heterocycles. The van der Waals surface area contributed by atoms with Gasteiger partial charge in [0.25, 0.3) is 0 Å². The number of nitrogens with zero attached hydrogens (tertiary/aromatic N) is 7. The molecule has 0 aliphatic carbocycles. The van der Waals surface area contributed by atoms with E-state index in [1.807, 2.05) is 55.4 Å². The van der Waals surface area contributed by atoms with Crippen LogP contribution in [0.25, 0.3) is 0 Å². The van der Waals surface area contributed by atoms with Crippen molar-refractivity contribution in [3.63, 3.8) is 0 Å². The van der Waals surface area contributed by atoms with Gasteiger partial charge in [-0.2, -0.15) is 0 Å². The second-order valence-corrected chi connectivity index (χ2v) is 26.7. The Morgan fingerprint density at radius 3 is 1.38 bits per heavy atom. The number of aliphatic hydroxyl groups is 1. The third-order valence-electron chi connectivity index (χ3n) is 16.4. The predicted octanol–water partition coefficient (Wildman–Crippen LogP) is 2.81. The molecule has 11 amide bonds. The molecule has 0 unspecified atom stereocenters. The van der Waals surface area contributed by atoms with Gasteiger partial charge in [-0.1, -0.05) is 103 Å². The second-order valence-electron chi connectivity index (χ2n) is 26.7. The molecule has 25 nitrogen and oxygen atoms in total. The lowest BCUT2D eigenvalue weighted by Crippen LogP contribution is -2.63. The number of likely N-dealkylation sites (N-methyl/N-ethyl adjacent to an activating group) is 7. The van der Waals surface area contributed by atoms with Crippen LogP contribution in [0.1, 0.15) is 156 Å². The van der Waals surface area contributed by atoms with Crippen LogP contribution in [-0.2, 0) is 62.3 Å². The van der Waals surface area contributed by atoms with Crippen molar-refractivity contribution in [3.05, 3.63) is 12.2 Å². The van der Waals surface area contributed by atoms with Crippen molar-refractivity contribution in [1.29, 1.82) is 0 Å². The van der Waals surface area contributed by atoms with E-state index in [1.165, 1.54) is 99.8 Å². The van der Waals surface area contributed by atoms with Crippen LogP contribution in [-0.4, -0.2) is 239 Å². The monoisotopic (exact) mass is 1260 g/mol. The van der Waals surface area contributed by atoms with Crippen LogP contribution in [0, 0.1) is 41.4 Å². The molecule has 0 spiro atoms. The third kappa shape index (κ3) is 23.3. The third-order valence-corrected chi connectivity index (χ3v) is 16.4. The van der Waals surface area contributed by atoms with E-state index in [9.17, 15) is 53.1 Å². The summed E-state index contributed by atoms with van der Waals surface area (Å²) in [5, 5.41) is 23.1. The molecule has 0 aromatic rings. The minimum absolute atomic E-state index is 0.0213. The van der Waals surface area contributed by atoms with Gasteiger partial charge in [0.2, 0.25) is 65.0 Å². The highest BCUT2D eigenvalue weighted by atomic mass is 16.5. The van der Waals surface area contributed by atoms with Gasteiger partial charge in [-0.15, -0.1) is 0 Å². The lowest BCUT2D eigenvalue weighted by atomic mass is 9.91. The molecule has 25 heteroatoms. The fourth-order valence-corrected chi connectivity index (χ4v) is 10.9. The van der Waals surface area contributed by atoms with Gasteiger partial charge in [0.1, 0.15) is 60.4 Å². The van der Waals surface area contributed by atoms with Gasteiger partial charge in [0.15, 0.2) is 0 Å². The summed E-state index contributed by atoms with van der Waals surface area (Å²) >= 11 is 0. The molecule has 12 atom stereocenters. The summed E-state index contributed by atoms with van der Waals surface area (Å²) in [5.74, 6) is -11.1. The van der Waals surface area contributed by atoms with Crippen LogP contribution in [0.15, 0.2) is 12.2 Å². The zero-order valence-corrected chi connectivity index (χ0v) is 58.1. The van der Waals surface area contributed by atoms with E-state index in [2.05, 4.69) is 21.3 Å². The maximum atomic E-state index is 15.2. The minimum Gasteiger partial charge on any atom is -0.463 e. The maximum absolute atomic E-state index is 15.2. The Hall–Kier alpha value is -6.66. The van der Waals surface area contributed by atoms with E-state index in [0.717, 1.165) is 9.80 Å². The number of ether oxygens (including phenoxy) is 1. The molecule has 5 N–H and O–H groups in total. The number of rotatable bonds is 17. The summed E-state index contributed by atoms with van der Waals surface area (Å²) in [5.41, 5.74) is 0.